The van der Waals surface area contributed by atoms with E-state index in [1.54, 1.807) is 29.7 Å². The lowest BCUT2D eigenvalue weighted by molar-refractivity contribution is -0.139. The van der Waals surface area contributed by atoms with E-state index in [0.29, 0.717) is 28.8 Å². The van der Waals surface area contributed by atoms with Crippen molar-refractivity contribution in [3.05, 3.63) is 76.2 Å². The van der Waals surface area contributed by atoms with Crippen LogP contribution >= 0.6 is 11.3 Å². The molecule has 0 saturated carbocycles. The van der Waals surface area contributed by atoms with Crippen LogP contribution in [-0.4, -0.2) is 29.1 Å². The van der Waals surface area contributed by atoms with Gasteiger partial charge in [-0.15, -0.1) is 0 Å². The number of carbonyl (C=O) groups is 1. The molecule has 0 N–H and O–H groups in total. The number of hydrogen-bond acceptors (Lipinski definition) is 7. The predicted molar refractivity (Wildman–Crippen MR) is 120 cm³/mol. The molecule has 0 radical (unpaired) electrons. The Morgan fingerprint density at radius 2 is 2.00 bits per heavy atom. The number of methoxy groups -OCH3 is 1. The number of carbonyl (C=O) groups excluding carboxylic acids is 1. The van der Waals surface area contributed by atoms with Crippen LogP contribution in [0.4, 0.5) is 0 Å². The van der Waals surface area contributed by atoms with Gasteiger partial charge >= 0.3 is 5.97 Å². The third-order valence-corrected chi connectivity index (χ3v) is 5.53. The number of ether oxygens (including phenoxy) is 3. The summed E-state index contributed by atoms with van der Waals surface area (Å²) in [5.74, 6) is 0.684. The average Bonchev–Trinajstić information content (AvgIpc) is 3.16. The topological polar surface area (TPSA) is 79.1 Å². The number of esters is 1. The standard InChI is InChI=1S/C23H20N2O5S/c1-3-29-18-10-8-15(12-19(18)28-2)9-11-22(27)30-14-16-13-21(26)25-17-6-4-5-7-20(17)31-23(25)24-16/h4-13H,3,14H2,1-2H3/b11-9+. The molecule has 31 heavy (non-hydrogen) atoms. The molecule has 0 aliphatic rings. The van der Waals surface area contributed by atoms with E-state index >= 15 is 0 Å². The van der Waals surface area contributed by atoms with Crippen molar-refractivity contribution in [3.8, 4) is 11.5 Å². The fraction of sp³-hybridized carbons (Fsp3) is 0.174. The van der Waals surface area contributed by atoms with E-state index in [-0.39, 0.29) is 12.2 Å². The Kier molecular flexibility index (Phi) is 5.99. The Bertz CT molecular complexity index is 1340. The zero-order chi connectivity index (χ0) is 21.8. The number of nitrogens with zero attached hydrogens (tertiary/aromatic N) is 2. The SMILES string of the molecule is CCOc1ccc(/C=C/C(=O)OCc2cc(=O)n3c(n2)sc2ccccc23)cc1OC. The maximum Gasteiger partial charge on any atom is 0.331 e. The summed E-state index contributed by atoms with van der Waals surface area (Å²) in [6, 6.07) is 14.4. The van der Waals surface area contributed by atoms with Gasteiger partial charge in [-0.25, -0.2) is 9.78 Å². The first-order valence-corrected chi connectivity index (χ1v) is 10.5. The molecular formula is C23H20N2O5S. The fourth-order valence-electron chi connectivity index (χ4n) is 3.12. The minimum atomic E-state index is -0.536. The van der Waals surface area contributed by atoms with Gasteiger partial charge in [0.25, 0.3) is 5.56 Å². The Hall–Kier alpha value is -3.65. The number of hydrogen-bond donors (Lipinski definition) is 0. The third-order valence-electron chi connectivity index (χ3n) is 4.51. The Labute approximate surface area is 182 Å². The molecule has 2 heterocycles. The molecule has 158 valence electrons. The van der Waals surface area contributed by atoms with Gasteiger partial charge in [0.15, 0.2) is 16.5 Å². The van der Waals surface area contributed by atoms with Crippen LogP contribution in [0.25, 0.3) is 21.3 Å². The summed E-state index contributed by atoms with van der Waals surface area (Å²) < 4.78 is 18.6. The van der Waals surface area contributed by atoms with E-state index in [1.807, 2.05) is 37.3 Å². The Balaban J connectivity index is 1.45. The lowest BCUT2D eigenvalue weighted by Crippen LogP contribution is -2.14. The Morgan fingerprint density at radius 3 is 2.81 bits per heavy atom. The lowest BCUT2D eigenvalue weighted by Gasteiger charge is -2.09. The van der Waals surface area contributed by atoms with Crippen molar-refractivity contribution < 1.29 is 19.0 Å². The highest BCUT2D eigenvalue weighted by Crippen LogP contribution is 2.28. The minimum Gasteiger partial charge on any atom is -0.493 e. The van der Waals surface area contributed by atoms with Crippen molar-refractivity contribution in [3.63, 3.8) is 0 Å². The number of aromatic nitrogens is 2. The molecule has 0 atom stereocenters. The molecule has 0 fully saturated rings. The molecule has 0 saturated heterocycles. The summed E-state index contributed by atoms with van der Waals surface area (Å²) >= 11 is 1.42. The molecule has 8 heteroatoms. The van der Waals surface area contributed by atoms with Gasteiger partial charge in [-0.1, -0.05) is 29.5 Å². The highest BCUT2D eigenvalue weighted by Gasteiger charge is 2.10. The third kappa shape index (κ3) is 4.44. The van der Waals surface area contributed by atoms with Crippen molar-refractivity contribution in [2.24, 2.45) is 0 Å². The average molecular weight is 436 g/mol. The largest absolute Gasteiger partial charge is 0.493 e. The maximum absolute atomic E-state index is 12.5. The number of benzene rings is 2. The monoisotopic (exact) mass is 436 g/mol. The first-order chi connectivity index (χ1) is 15.1. The molecule has 4 aromatic rings. The van der Waals surface area contributed by atoms with Crippen LogP contribution in [0.1, 0.15) is 18.2 Å². The van der Waals surface area contributed by atoms with E-state index < -0.39 is 5.97 Å². The lowest BCUT2D eigenvalue weighted by atomic mass is 10.2. The number of thiazole rings is 1. The molecule has 0 aliphatic heterocycles. The molecular weight excluding hydrogens is 416 g/mol. The van der Waals surface area contributed by atoms with E-state index in [0.717, 1.165) is 15.8 Å². The first kappa shape index (κ1) is 20.6. The first-order valence-electron chi connectivity index (χ1n) is 9.65. The van der Waals surface area contributed by atoms with Crippen LogP contribution in [0, 0.1) is 0 Å². The van der Waals surface area contributed by atoms with Gasteiger partial charge < -0.3 is 14.2 Å². The second-order valence-corrected chi connectivity index (χ2v) is 7.57. The van der Waals surface area contributed by atoms with Crippen molar-refractivity contribution in [1.82, 2.24) is 9.38 Å². The predicted octanol–water partition coefficient (Wildman–Crippen LogP) is 4.07. The summed E-state index contributed by atoms with van der Waals surface area (Å²) in [5, 5.41) is 0. The van der Waals surface area contributed by atoms with Crippen molar-refractivity contribution in [2.45, 2.75) is 13.5 Å². The maximum atomic E-state index is 12.5. The van der Waals surface area contributed by atoms with Crippen molar-refractivity contribution in [2.75, 3.05) is 13.7 Å². The van der Waals surface area contributed by atoms with Crippen LogP contribution in [-0.2, 0) is 16.1 Å². The van der Waals surface area contributed by atoms with Crippen LogP contribution in [0.3, 0.4) is 0 Å². The van der Waals surface area contributed by atoms with Crippen LogP contribution in [0.15, 0.2) is 59.4 Å². The van der Waals surface area contributed by atoms with Gasteiger partial charge in [-0.3, -0.25) is 9.20 Å². The number of para-hydroxylation sites is 1. The molecule has 0 bridgehead atoms. The summed E-state index contributed by atoms with van der Waals surface area (Å²) in [6.07, 6.45) is 2.94. The highest BCUT2D eigenvalue weighted by atomic mass is 32.1. The van der Waals surface area contributed by atoms with Gasteiger partial charge in [0.2, 0.25) is 0 Å². The summed E-state index contributed by atoms with van der Waals surface area (Å²) in [4.78, 5) is 29.7. The fourth-order valence-corrected chi connectivity index (χ4v) is 4.17. The van der Waals surface area contributed by atoms with Gasteiger partial charge in [0, 0.05) is 12.1 Å². The van der Waals surface area contributed by atoms with Crippen molar-refractivity contribution in [1.29, 1.82) is 0 Å². The summed E-state index contributed by atoms with van der Waals surface area (Å²) in [5.41, 5.74) is 1.78. The zero-order valence-electron chi connectivity index (χ0n) is 17.0. The minimum absolute atomic E-state index is 0.0875. The zero-order valence-corrected chi connectivity index (χ0v) is 17.8. The van der Waals surface area contributed by atoms with Crippen LogP contribution < -0.4 is 15.0 Å². The molecule has 7 nitrogen and oxygen atoms in total. The quantitative estimate of drug-likeness (QED) is 0.321. The summed E-state index contributed by atoms with van der Waals surface area (Å²) in [7, 11) is 1.56. The second kappa shape index (κ2) is 9.01. The van der Waals surface area contributed by atoms with E-state index in [1.165, 1.54) is 23.5 Å². The van der Waals surface area contributed by atoms with Gasteiger partial charge in [-0.2, -0.15) is 0 Å². The van der Waals surface area contributed by atoms with Gasteiger partial charge in [0.05, 0.1) is 29.6 Å². The molecule has 0 spiro atoms. The normalized spacial score (nSPS) is 11.3. The smallest absolute Gasteiger partial charge is 0.331 e. The number of fused-ring (bicyclic) bond motifs is 3. The molecule has 0 unspecified atom stereocenters. The number of rotatable bonds is 7. The second-order valence-electron chi connectivity index (χ2n) is 6.56. The van der Waals surface area contributed by atoms with Gasteiger partial charge in [0.1, 0.15) is 6.61 Å². The molecule has 2 aromatic carbocycles. The van der Waals surface area contributed by atoms with Crippen LogP contribution in [0.5, 0.6) is 11.5 Å². The molecule has 2 aromatic heterocycles. The highest BCUT2D eigenvalue weighted by molar-refractivity contribution is 7.23. The van der Waals surface area contributed by atoms with Crippen molar-refractivity contribution >= 4 is 38.6 Å². The van der Waals surface area contributed by atoms with Crippen LogP contribution in [0.2, 0.25) is 0 Å². The van der Waals surface area contributed by atoms with E-state index in [9.17, 15) is 9.59 Å². The van der Waals surface area contributed by atoms with E-state index in [2.05, 4.69) is 4.98 Å². The molecule has 0 aliphatic carbocycles. The summed E-state index contributed by atoms with van der Waals surface area (Å²) in [6.45, 7) is 2.34. The molecule has 0 amide bonds. The van der Waals surface area contributed by atoms with E-state index in [4.69, 9.17) is 14.2 Å². The molecule has 4 rings (SSSR count). The Morgan fingerprint density at radius 1 is 1.16 bits per heavy atom. The van der Waals surface area contributed by atoms with Gasteiger partial charge in [-0.05, 0) is 42.8 Å².